The van der Waals surface area contributed by atoms with Crippen LogP contribution in [0.1, 0.15) is 42.1 Å². The minimum absolute atomic E-state index is 0.277. The highest BCUT2D eigenvalue weighted by Gasteiger charge is 2.35. The molecule has 1 amide bonds. The number of anilines is 2. The minimum Gasteiger partial charge on any atom is -0.492 e. The van der Waals surface area contributed by atoms with Crippen LogP contribution in [0.4, 0.5) is 16.0 Å². The number of benzene rings is 4. The van der Waals surface area contributed by atoms with Gasteiger partial charge in [-0.05, 0) is 73.4 Å². The summed E-state index contributed by atoms with van der Waals surface area (Å²) >= 11 is 1.33. The number of aryl methyl sites for hydroxylation is 1. The van der Waals surface area contributed by atoms with Crippen molar-refractivity contribution >= 4 is 29.3 Å². The number of allylic oxidation sites excluding steroid dienone is 1. The van der Waals surface area contributed by atoms with Crippen LogP contribution >= 0.6 is 11.8 Å². The number of amides is 1. The molecular weight excluding hydrogens is 601 g/mol. The molecule has 46 heavy (non-hydrogen) atoms. The second-order valence-electron chi connectivity index (χ2n) is 10.8. The second-order valence-corrected chi connectivity index (χ2v) is 11.7. The molecule has 0 bridgehead atoms. The number of nitrogens with zero attached hydrogens (tertiary/aromatic N) is 3. The summed E-state index contributed by atoms with van der Waals surface area (Å²) in [5.74, 6) is 1.50. The zero-order valence-electron chi connectivity index (χ0n) is 25.8. The molecular formula is C36H34FN5O3S. The number of thioether (sulfide) groups is 1. The van der Waals surface area contributed by atoms with E-state index >= 15 is 0 Å². The molecule has 234 valence electrons. The Balaban J connectivity index is 1.34. The molecule has 8 nitrogen and oxygen atoms in total. The maximum Gasteiger partial charge on any atom is 0.255 e. The van der Waals surface area contributed by atoms with E-state index in [0.717, 1.165) is 16.7 Å². The Morgan fingerprint density at radius 1 is 0.957 bits per heavy atom. The number of rotatable bonds is 11. The van der Waals surface area contributed by atoms with E-state index in [2.05, 4.69) is 23.6 Å². The number of nitrogens with one attached hydrogen (secondary N) is 2. The number of carbonyl (C=O) groups excluding carboxylic acids is 1. The van der Waals surface area contributed by atoms with Crippen molar-refractivity contribution in [2.75, 3.05) is 17.2 Å². The van der Waals surface area contributed by atoms with Crippen molar-refractivity contribution in [1.29, 1.82) is 0 Å². The third kappa shape index (κ3) is 6.77. The fraction of sp³-hybridized carbons (Fsp3) is 0.194. The predicted octanol–water partition coefficient (Wildman–Crippen LogP) is 7.92. The molecule has 6 rings (SSSR count). The van der Waals surface area contributed by atoms with Crippen LogP contribution in [0.3, 0.4) is 0 Å². The molecule has 0 aliphatic carbocycles. The van der Waals surface area contributed by atoms with E-state index in [-0.39, 0.29) is 11.7 Å². The molecule has 0 saturated heterocycles. The topological polar surface area (TPSA) is 90.3 Å². The lowest BCUT2D eigenvalue weighted by Gasteiger charge is -2.29. The summed E-state index contributed by atoms with van der Waals surface area (Å²) in [6.45, 7) is 6.67. The van der Waals surface area contributed by atoms with E-state index in [0.29, 0.717) is 64.1 Å². The summed E-state index contributed by atoms with van der Waals surface area (Å²) in [5.41, 5.74) is 5.25. The van der Waals surface area contributed by atoms with Gasteiger partial charge in [-0.15, -0.1) is 5.10 Å². The molecule has 1 aliphatic heterocycles. The highest BCUT2D eigenvalue weighted by molar-refractivity contribution is 7.98. The van der Waals surface area contributed by atoms with Gasteiger partial charge in [0.1, 0.15) is 30.0 Å². The van der Waals surface area contributed by atoms with Crippen molar-refractivity contribution in [2.24, 2.45) is 0 Å². The number of carbonyl (C=O) groups is 1. The molecule has 5 aromatic rings. The first-order valence-corrected chi connectivity index (χ1v) is 16.0. The molecule has 2 heterocycles. The van der Waals surface area contributed by atoms with E-state index < -0.39 is 6.04 Å². The molecule has 1 aliphatic rings. The highest BCUT2D eigenvalue weighted by Crippen LogP contribution is 2.39. The maximum absolute atomic E-state index is 14.3. The summed E-state index contributed by atoms with van der Waals surface area (Å²) in [6, 6.07) is 29.1. The third-order valence-corrected chi connectivity index (χ3v) is 8.54. The van der Waals surface area contributed by atoms with Gasteiger partial charge < -0.3 is 20.1 Å². The van der Waals surface area contributed by atoms with E-state index in [1.807, 2.05) is 80.6 Å². The normalized spacial score (nSPS) is 14.0. The molecule has 0 saturated carbocycles. The number of fused-ring (bicyclic) bond motifs is 1. The Hall–Kier alpha value is -5.09. The van der Waals surface area contributed by atoms with Gasteiger partial charge in [0, 0.05) is 11.4 Å². The van der Waals surface area contributed by atoms with Gasteiger partial charge >= 0.3 is 0 Å². The summed E-state index contributed by atoms with van der Waals surface area (Å²) in [7, 11) is 0. The van der Waals surface area contributed by atoms with E-state index in [1.165, 1.54) is 17.8 Å². The summed E-state index contributed by atoms with van der Waals surface area (Å²) < 4.78 is 28.0. The van der Waals surface area contributed by atoms with Gasteiger partial charge in [-0.3, -0.25) is 4.79 Å². The average molecular weight is 636 g/mol. The Labute approximate surface area is 271 Å². The van der Waals surface area contributed by atoms with Gasteiger partial charge in [0.15, 0.2) is 0 Å². The van der Waals surface area contributed by atoms with Gasteiger partial charge in [0.05, 0.1) is 17.9 Å². The highest BCUT2D eigenvalue weighted by atomic mass is 32.2. The molecule has 1 unspecified atom stereocenters. The first-order chi connectivity index (χ1) is 22.4. The van der Waals surface area contributed by atoms with Crippen LogP contribution in [0, 0.1) is 12.7 Å². The zero-order valence-corrected chi connectivity index (χ0v) is 26.6. The van der Waals surface area contributed by atoms with Gasteiger partial charge in [0.25, 0.3) is 5.91 Å². The Morgan fingerprint density at radius 2 is 1.72 bits per heavy atom. The number of aromatic nitrogens is 3. The standard InChI is InChI=1S/C36H34FN5O3S/c1-4-44-31-19-10-9-18-30(31)39-34(43)32-24(3)38-35-40-36(46-22-27-14-7-8-17-29(27)37)41-42(35)33(32)25-15-11-16-28(20-25)45-21-26-13-6-5-12-23(26)2/h5-20,33H,4,21-22H2,1-3H3,(H,39,43)(H,38,40,41). The lowest BCUT2D eigenvalue weighted by molar-refractivity contribution is -0.113. The van der Waals surface area contributed by atoms with Crippen LogP contribution in [0.2, 0.25) is 0 Å². The van der Waals surface area contributed by atoms with Gasteiger partial charge in [-0.1, -0.05) is 78.5 Å². The van der Waals surface area contributed by atoms with Gasteiger partial charge in [0.2, 0.25) is 11.1 Å². The lowest BCUT2D eigenvalue weighted by atomic mass is 9.94. The Bertz CT molecular complexity index is 1910. The van der Waals surface area contributed by atoms with E-state index in [4.69, 9.17) is 19.6 Å². The van der Waals surface area contributed by atoms with Crippen molar-refractivity contribution in [1.82, 2.24) is 14.8 Å². The Morgan fingerprint density at radius 3 is 2.52 bits per heavy atom. The first kappa shape index (κ1) is 30.9. The fourth-order valence-electron chi connectivity index (χ4n) is 5.30. The van der Waals surface area contributed by atoms with Gasteiger partial charge in [-0.25, -0.2) is 9.07 Å². The number of para-hydroxylation sites is 2. The molecule has 0 spiro atoms. The largest absolute Gasteiger partial charge is 0.492 e. The summed E-state index contributed by atoms with van der Waals surface area (Å²) in [5, 5.41) is 11.6. The van der Waals surface area contributed by atoms with Crippen LogP contribution in [-0.2, 0) is 17.2 Å². The molecule has 1 atom stereocenters. The van der Waals surface area contributed by atoms with Gasteiger partial charge in [-0.2, -0.15) is 4.98 Å². The summed E-state index contributed by atoms with van der Waals surface area (Å²) in [4.78, 5) is 18.8. The molecule has 10 heteroatoms. The van der Waals surface area contributed by atoms with E-state index in [9.17, 15) is 9.18 Å². The maximum atomic E-state index is 14.3. The molecule has 0 fully saturated rings. The van der Waals surface area contributed by atoms with Crippen molar-refractivity contribution in [2.45, 2.75) is 44.3 Å². The smallest absolute Gasteiger partial charge is 0.255 e. The predicted molar refractivity (Wildman–Crippen MR) is 179 cm³/mol. The number of ether oxygens (including phenoxy) is 2. The third-order valence-electron chi connectivity index (χ3n) is 7.66. The second kappa shape index (κ2) is 13.9. The van der Waals surface area contributed by atoms with Crippen molar-refractivity contribution in [3.05, 3.63) is 136 Å². The molecule has 0 radical (unpaired) electrons. The fourth-order valence-corrected chi connectivity index (χ4v) is 6.12. The zero-order chi connectivity index (χ0) is 32.0. The molecule has 1 aromatic heterocycles. The van der Waals surface area contributed by atoms with E-state index in [1.54, 1.807) is 22.9 Å². The van der Waals surface area contributed by atoms with Crippen molar-refractivity contribution in [3.63, 3.8) is 0 Å². The van der Waals surface area contributed by atoms with Crippen LogP contribution in [0.15, 0.2) is 113 Å². The van der Waals surface area contributed by atoms with Crippen molar-refractivity contribution in [3.8, 4) is 11.5 Å². The number of halogens is 1. The average Bonchev–Trinajstić information content (AvgIpc) is 3.46. The SMILES string of the molecule is CCOc1ccccc1NC(=O)C1=C(C)Nc2nc(SCc3ccccc3F)nn2C1c1cccc(OCc2ccccc2C)c1. The van der Waals surface area contributed by atoms with Crippen LogP contribution in [0.5, 0.6) is 11.5 Å². The summed E-state index contributed by atoms with van der Waals surface area (Å²) in [6.07, 6.45) is 0. The molecule has 4 aromatic carbocycles. The first-order valence-electron chi connectivity index (χ1n) is 15.0. The quantitative estimate of drug-likeness (QED) is 0.143. The molecule has 2 N–H and O–H groups in total. The Kier molecular flexibility index (Phi) is 9.35. The van der Waals surface area contributed by atoms with Crippen LogP contribution < -0.4 is 20.1 Å². The van der Waals surface area contributed by atoms with Crippen molar-refractivity contribution < 1.29 is 18.7 Å². The monoisotopic (exact) mass is 635 g/mol. The number of hydrogen-bond donors (Lipinski definition) is 2. The lowest BCUT2D eigenvalue weighted by Crippen LogP contribution is -2.31. The van der Waals surface area contributed by atoms with Crippen LogP contribution in [-0.4, -0.2) is 27.3 Å². The number of hydrogen-bond acceptors (Lipinski definition) is 7. The van der Waals surface area contributed by atoms with Crippen LogP contribution in [0.25, 0.3) is 0 Å². The minimum atomic E-state index is -0.632.